The van der Waals surface area contributed by atoms with Gasteiger partial charge in [-0.2, -0.15) is 8.42 Å². The molecule has 0 saturated heterocycles. The van der Waals surface area contributed by atoms with Gasteiger partial charge in [-0.15, -0.1) is 0 Å². The summed E-state index contributed by atoms with van der Waals surface area (Å²) in [6, 6.07) is 16.9. The highest BCUT2D eigenvalue weighted by Gasteiger charge is 2.24. The Morgan fingerprint density at radius 1 is 0.970 bits per heavy atom. The van der Waals surface area contributed by atoms with Crippen LogP contribution in [0.5, 0.6) is 5.75 Å². The maximum Gasteiger partial charge on any atom is 0.363 e. The summed E-state index contributed by atoms with van der Waals surface area (Å²) in [5, 5.41) is 11.2. The van der Waals surface area contributed by atoms with Gasteiger partial charge in [-0.05, 0) is 60.2 Å². The number of esters is 1. The van der Waals surface area contributed by atoms with E-state index in [-0.39, 0.29) is 27.9 Å². The summed E-state index contributed by atoms with van der Waals surface area (Å²) in [5.41, 5.74) is 0.991. The zero-order chi connectivity index (χ0) is 23.6. The summed E-state index contributed by atoms with van der Waals surface area (Å²) in [6.45, 7) is 0. The quantitative estimate of drug-likeness (QED) is 0.167. The molecule has 9 nitrogen and oxygen atoms in total. The SMILES string of the molecule is O=C1OC(c2ccc(Cl)cc2)=N/C1=C/c1ccc(OS(=O)(=O)c2ccc([N+](=O)[O-])cc2)cc1. The van der Waals surface area contributed by atoms with E-state index >= 15 is 0 Å². The fourth-order valence-corrected chi connectivity index (χ4v) is 3.87. The normalized spacial score (nSPS) is 14.6. The summed E-state index contributed by atoms with van der Waals surface area (Å²) in [6.07, 6.45) is 1.49. The van der Waals surface area contributed by atoms with Crippen molar-refractivity contribution in [1.82, 2.24) is 0 Å². The number of non-ortho nitro benzene ring substituents is 1. The number of nitro groups is 1. The van der Waals surface area contributed by atoms with Gasteiger partial charge in [0.2, 0.25) is 5.90 Å². The molecule has 0 spiro atoms. The molecular weight excluding hydrogens is 472 g/mol. The Morgan fingerprint density at radius 3 is 2.21 bits per heavy atom. The number of benzene rings is 3. The van der Waals surface area contributed by atoms with E-state index in [4.69, 9.17) is 20.5 Å². The first-order valence-electron chi connectivity index (χ1n) is 9.29. The average molecular weight is 485 g/mol. The number of rotatable bonds is 6. The molecule has 0 N–H and O–H groups in total. The Balaban J connectivity index is 1.50. The van der Waals surface area contributed by atoms with Gasteiger partial charge in [0.1, 0.15) is 10.6 Å². The second kappa shape index (κ2) is 8.85. The van der Waals surface area contributed by atoms with Crippen molar-refractivity contribution in [3.8, 4) is 5.75 Å². The summed E-state index contributed by atoms with van der Waals surface area (Å²) in [5.74, 6) is -0.451. The molecule has 1 aliphatic rings. The minimum absolute atomic E-state index is 0.0230. The van der Waals surface area contributed by atoms with Gasteiger partial charge in [-0.1, -0.05) is 23.7 Å². The van der Waals surface area contributed by atoms with Crippen LogP contribution in [0, 0.1) is 10.1 Å². The number of ether oxygens (including phenoxy) is 1. The number of nitro benzene ring substituents is 1. The molecule has 4 rings (SSSR count). The number of nitrogens with zero attached hydrogens (tertiary/aromatic N) is 2. The van der Waals surface area contributed by atoms with Crippen molar-refractivity contribution in [1.29, 1.82) is 0 Å². The monoisotopic (exact) mass is 484 g/mol. The standard InChI is InChI=1S/C22H13ClN2O7S/c23-16-5-3-15(4-6-16)21-24-20(22(26)31-21)13-14-1-9-18(10-2-14)32-33(29,30)19-11-7-17(8-12-19)25(27)28/h1-13H/b20-13+. The molecule has 0 saturated carbocycles. The van der Waals surface area contributed by atoms with Gasteiger partial charge in [0.15, 0.2) is 5.70 Å². The van der Waals surface area contributed by atoms with Crippen LogP contribution in [0.25, 0.3) is 6.08 Å². The van der Waals surface area contributed by atoms with Gasteiger partial charge in [-0.3, -0.25) is 10.1 Å². The average Bonchev–Trinajstić information content (AvgIpc) is 3.15. The van der Waals surface area contributed by atoms with Crippen molar-refractivity contribution in [3.05, 3.63) is 105 Å². The highest BCUT2D eigenvalue weighted by molar-refractivity contribution is 7.87. The predicted octanol–water partition coefficient (Wildman–Crippen LogP) is 4.36. The molecule has 0 aromatic heterocycles. The van der Waals surface area contributed by atoms with Crippen LogP contribution in [0.2, 0.25) is 5.02 Å². The molecule has 0 aliphatic carbocycles. The largest absolute Gasteiger partial charge is 0.402 e. The second-order valence-corrected chi connectivity index (χ2v) is 8.68. The number of hydrogen-bond donors (Lipinski definition) is 0. The van der Waals surface area contributed by atoms with Crippen molar-refractivity contribution < 1.29 is 27.1 Å². The maximum absolute atomic E-state index is 12.4. The van der Waals surface area contributed by atoms with Gasteiger partial charge < -0.3 is 8.92 Å². The van der Waals surface area contributed by atoms with E-state index < -0.39 is 21.0 Å². The molecule has 0 amide bonds. The third-order valence-corrected chi connectivity index (χ3v) is 5.95. The summed E-state index contributed by atoms with van der Waals surface area (Å²) in [7, 11) is -4.18. The number of carbonyl (C=O) groups is 1. The fourth-order valence-electron chi connectivity index (χ4n) is 2.81. The smallest absolute Gasteiger partial charge is 0.363 e. The molecule has 3 aromatic rings. The topological polar surface area (TPSA) is 125 Å². The zero-order valence-corrected chi connectivity index (χ0v) is 18.1. The van der Waals surface area contributed by atoms with Crippen LogP contribution < -0.4 is 4.18 Å². The molecule has 1 aliphatic heterocycles. The van der Waals surface area contributed by atoms with Gasteiger partial charge in [0, 0.05) is 22.7 Å². The van der Waals surface area contributed by atoms with E-state index in [1.165, 1.54) is 30.3 Å². The minimum atomic E-state index is -4.18. The molecule has 33 heavy (non-hydrogen) atoms. The Morgan fingerprint density at radius 2 is 1.61 bits per heavy atom. The predicted molar refractivity (Wildman–Crippen MR) is 119 cm³/mol. The summed E-state index contributed by atoms with van der Waals surface area (Å²) < 4.78 is 35.0. The lowest BCUT2D eigenvalue weighted by Gasteiger charge is -2.07. The first-order valence-corrected chi connectivity index (χ1v) is 11.1. The number of cyclic esters (lactones) is 1. The first-order chi connectivity index (χ1) is 15.7. The van der Waals surface area contributed by atoms with Crippen molar-refractivity contribution in [2.45, 2.75) is 4.90 Å². The lowest BCUT2D eigenvalue weighted by atomic mass is 10.2. The molecule has 0 radical (unpaired) electrons. The molecule has 1 heterocycles. The Labute approximate surface area is 192 Å². The van der Waals surface area contributed by atoms with Gasteiger partial charge >= 0.3 is 16.1 Å². The van der Waals surface area contributed by atoms with Crippen LogP contribution in [-0.4, -0.2) is 25.2 Å². The third kappa shape index (κ3) is 5.08. The van der Waals surface area contributed by atoms with E-state index in [9.17, 15) is 23.3 Å². The molecule has 3 aromatic carbocycles. The number of halogens is 1. The van der Waals surface area contributed by atoms with E-state index in [1.54, 1.807) is 24.3 Å². The van der Waals surface area contributed by atoms with Crippen LogP contribution in [0.15, 0.2) is 88.4 Å². The fraction of sp³-hybridized carbons (Fsp3) is 0. The molecule has 0 bridgehead atoms. The van der Waals surface area contributed by atoms with Gasteiger partial charge in [0.25, 0.3) is 5.69 Å². The first kappa shape index (κ1) is 22.2. The van der Waals surface area contributed by atoms with E-state index in [0.717, 1.165) is 24.3 Å². The molecule has 166 valence electrons. The highest BCUT2D eigenvalue weighted by Crippen LogP contribution is 2.24. The van der Waals surface area contributed by atoms with E-state index in [1.807, 2.05) is 0 Å². The number of aliphatic imine (C=N–C) groups is 1. The molecule has 11 heteroatoms. The third-order valence-electron chi connectivity index (χ3n) is 4.44. The van der Waals surface area contributed by atoms with Gasteiger partial charge in [0.05, 0.1) is 4.92 Å². The zero-order valence-electron chi connectivity index (χ0n) is 16.5. The van der Waals surface area contributed by atoms with Crippen LogP contribution in [0.1, 0.15) is 11.1 Å². The van der Waals surface area contributed by atoms with E-state index in [0.29, 0.717) is 16.1 Å². The second-order valence-electron chi connectivity index (χ2n) is 6.70. The van der Waals surface area contributed by atoms with Crippen LogP contribution in [-0.2, 0) is 19.6 Å². The Bertz CT molecular complexity index is 1400. The van der Waals surface area contributed by atoms with E-state index in [2.05, 4.69) is 4.99 Å². The molecule has 0 unspecified atom stereocenters. The number of hydrogen-bond acceptors (Lipinski definition) is 8. The highest BCUT2D eigenvalue weighted by atomic mass is 35.5. The van der Waals surface area contributed by atoms with Crippen LogP contribution >= 0.6 is 11.6 Å². The van der Waals surface area contributed by atoms with Gasteiger partial charge in [-0.25, -0.2) is 9.79 Å². The van der Waals surface area contributed by atoms with Crippen molar-refractivity contribution in [3.63, 3.8) is 0 Å². The summed E-state index contributed by atoms with van der Waals surface area (Å²) in [4.78, 5) is 26.2. The molecule has 0 atom stereocenters. The summed E-state index contributed by atoms with van der Waals surface area (Å²) >= 11 is 5.86. The van der Waals surface area contributed by atoms with Crippen molar-refractivity contribution >= 4 is 45.3 Å². The number of carbonyl (C=O) groups excluding carboxylic acids is 1. The lowest BCUT2D eigenvalue weighted by molar-refractivity contribution is -0.384. The Hall–Kier alpha value is -4.02. The Kier molecular flexibility index (Phi) is 5.95. The van der Waals surface area contributed by atoms with Crippen molar-refractivity contribution in [2.24, 2.45) is 4.99 Å². The molecular formula is C22H13ClN2O7S. The van der Waals surface area contributed by atoms with Crippen LogP contribution in [0.4, 0.5) is 5.69 Å². The minimum Gasteiger partial charge on any atom is -0.402 e. The van der Waals surface area contributed by atoms with Crippen LogP contribution in [0.3, 0.4) is 0 Å². The maximum atomic E-state index is 12.4. The molecule has 0 fully saturated rings. The lowest BCUT2D eigenvalue weighted by Crippen LogP contribution is -2.09. The van der Waals surface area contributed by atoms with Crippen molar-refractivity contribution in [2.75, 3.05) is 0 Å².